The Morgan fingerprint density at radius 3 is 2.57 bits per heavy atom. The maximum Gasteiger partial charge on any atom is 0.355 e. The lowest BCUT2D eigenvalue weighted by atomic mass is 10.1. The van der Waals surface area contributed by atoms with Gasteiger partial charge in [-0.05, 0) is 19.3 Å². The number of hydrogen-bond acceptors (Lipinski definition) is 5. The quantitative estimate of drug-likeness (QED) is 0.471. The molecule has 0 spiro atoms. The van der Waals surface area contributed by atoms with Crippen molar-refractivity contribution in [2.24, 2.45) is 7.05 Å². The van der Waals surface area contributed by atoms with Gasteiger partial charge in [0.15, 0.2) is 6.61 Å². The maximum atomic E-state index is 11.9. The number of hydrogen-bond donors (Lipinski definition) is 0. The van der Waals surface area contributed by atoms with Crippen molar-refractivity contribution in [2.45, 2.75) is 19.3 Å². The molecule has 0 bridgehead atoms. The highest BCUT2D eigenvalue weighted by atomic mass is 16.6. The van der Waals surface area contributed by atoms with E-state index in [1.54, 1.807) is 4.90 Å². The molecule has 2 rings (SSSR count). The molecule has 1 amide bonds. The molecule has 8 heteroatoms. The Labute approximate surface area is 121 Å². The van der Waals surface area contributed by atoms with Crippen molar-refractivity contribution in [3.63, 3.8) is 0 Å². The Balaban J connectivity index is 1.92. The van der Waals surface area contributed by atoms with Gasteiger partial charge in [-0.2, -0.15) is 0 Å². The zero-order valence-electron chi connectivity index (χ0n) is 11.8. The maximum absolute atomic E-state index is 11.9. The second-order valence-electron chi connectivity index (χ2n) is 4.97. The number of esters is 1. The largest absolute Gasteiger partial charge is 0.451 e. The van der Waals surface area contributed by atoms with E-state index < -0.39 is 10.9 Å². The van der Waals surface area contributed by atoms with Crippen molar-refractivity contribution in [3.8, 4) is 0 Å². The molecule has 1 fully saturated rings. The van der Waals surface area contributed by atoms with Gasteiger partial charge in [-0.3, -0.25) is 14.9 Å². The van der Waals surface area contributed by atoms with Gasteiger partial charge in [-0.15, -0.1) is 0 Å². The number of nitro groups is 1. The van der Waals surface area contributed by atoms with Crippen LogP contribution in [0.1, 0.15) is 29.8 Å². The summed E-state index contributed by atoms with van der Waals surface area (Å²) in [6.45, 7) is 1.04. The van der Waals surface area contributed by atoms with Gasteiger partial charge in [0.25, 0.3) is 11.6 Å². The standard InChI is InChI=1S/C13H17N3O5/c1-14-8-10(16(19)20)7-11(14)13(18)21-9-12(17)15-5-3-2-4-6-15/h7-8H,2-6,9H2,1H3. The van der Waals surface area contributed by atoms with E-state index in [-0.39, 0.29) is 23.9 Å². The predicted octanol–water partition coefficient (Wildman–Crippen LogP) is 1.10. The van der Waals surface area contributed by atoms with Gasteiger partial charge in [0.1, 0.15) is 5.69 Å². The number of carbonyl (C=O) groups excluding carboxylic acids is 2. The van der Waals surface area contributed by atoms with Gasteiger partial charge >= 0.3 is 5.97 Å². The summed E-state index contributed by atoms with van der Waals surface area (Å²) in [6.07, 6.45) is 4.26. The molecule has 1 aromatic heterocycles. The van der Waals surface area contributed by atoms with E-state index in [9.17, 15) is 19.7 Å². The Bertz CT molecular complexity index is 560. The Morgan fingerprint density at radius 2 is 2.00 bits per heavy atom. The van der Waals surface area contributed by atoms with Crippen LogP contribution in [0.15, 0.2) is 12.3 Å². The second kappa shape index (κ2) is 6.38. The molecule has 1 aliphatic rings. The van der Waals surface area contributed by atoms with Crippen LogP contribution in [0.2, 0.25) is 0 Å². The Kier molecular flexibility index (Phi) is 4.56. The first-order chi connectivity index (χ1) is 9.99. The van der Waals surface area contributed by atoms with Crippen molar-refractivity contribution < 1.29 is 19.2 Å². The molecule has 0 aliphatic carbocycles. The highest BCUT2D eigenvalue weighted by Crippen LogP contribution is 2.16. The molecular weight excluding hydrogens is 278 g/mol. The number of carbonyl (C=O) groups is 2. The monoisotopic (exact) mass is 295 g/mol. The number of piperidine rings is 1. The summed E-state index contributed by atoms with van der Waals surface area (Å²) >= 11 is 0. The zero-order valence-corrected chi connectivity index (χ0v) is 11.8. The number of ether oxygens (including phenoxy) is 1. The van der Waals surface area contributed by atoms with Gasteiger partial charge < -0.3 is 14.2 Å². The van der Waals surface area contributed by atoms with E-state index in [4.69, 9.17) is 4.74 Å². The molecule has 0 unspecified atom stereocenters. The van der Waals surface area contributed by atoms with Crippen LogP contribution in [0.5, 0.6) is 0 Å². The van der Waals surface area contributed by atoms with Crippen LogP contribution < -0.4 is 0 Å². The number of likely N-dealkylation sites (tertiary alicyclic amines) is 1. The summed E-state index contributed by atoms with van der Waals surface area (Å²) in [4.78, 5) is 35.4. The van der Waals surface area contributed by atoms with Crippen LogP contribution in [0.25, 0.3) is 0 Å². The first-order valence-electron chi connectivity index (χ1n) is 6.74. The Morgan fingerprint density at radius 1 is 1.33 bits per heavy atom. The van der Waals surface area contributed by atoms with Gasteiger partial charge in [0.2, 0.25) is 0 Å². The highest BCUT2D eigenvalue weighted by molar-refractivity contribution is 5.90. The molecule has 0 aromatic carbocycles. The number of aryl methyl sites for hydroxylation is 1. The lowest BCUT2D eigenvalue weighted by Gasteiger charge is -2.26. The fourth-order valence-electron chi connectivity index (χ4n) is 2.29. The average molecular weight is 295 g/mol. The molecule has 1 aromatic rings. The van der Waals surface area contributed by atoms with Crippen LogP contribution in [0, 0.1) is 10.1 Å². The van der Waals surface area contributed by atoms with E-state index in [1.165, 1.54) is 17.8 Å². The highest BCUT2D eigenvalue weighted by Gasteiger charge is 2.21. The molecule has 114 valence electrons. The third-order valence-corrected chi connectivity index (χ3v) is 3.45. The van der Waals surface area contributed by atoms with Gasteiger partial charge in [0, 0.05) is 26.2 Å². The number of amides is 1. The first kappa shape index (κ1) is 15.0. The minimum Gasteiger partial charge on any atom is -0.451 e. The molecule has 0 saturated carbocycles. The van der Waals surface area contributed by atoms with Crippen LogP contribution in [-0.4, -0.2) is 46.0 Å². The van der Waals surface area contributed by atoms with Crippen molar-refractivity contribution in [1.29, 1.82) is 0 Å². The summed E-state index contributed by atoms with van der Waals surface area (Å²) in [6, 6.07) is 1.13. The van der Waals surface area contributed by atoms with Crippen molar-refractivity contribution >= 4 is 17.6 Å². The number of aromatic nitrogens is 1. The van der Waals surface area contributed by atoms with Gasteiger partial charge in [0.05, 0.1) is 11.1 Å². The molecule has 1 aliphatic heterocycles. The minimum absolute atomic E-state index is 0.0492. The molecule has 0 radical (unpaired) electrons. The van der Waals surface area contributed by atoms with E-state index >= 15 is 0 Å². The zero-order chi connectivity index (χ0) is 15.4. The second-order valence-corrected chi connectivity index (χ2v) is 4.97. The first-order valence-corrected chi connectivity index (χ1v) is 6.74. The Hall–Kier alpha value is -2.38. The SMILES string of the molecule is Cn1cc([N+](=O)[O-])cc1C(=O)OCC(=O)N1CCCCC1. The molecule has 21 heavy (non-hydrogen) atoms. The van der Waals surface area contributed by atoms with Crippen LogP contribution in [0.4, 0.5) is 5.69 Å². The molecule has 0 N–H and O–H groups in total. The summed E-state index contributed by atoms with van der Waals surface area (Å²) in [5, 5.41) is 10.6. The summed E-state index contributed by atoms with van der Waals surface area (Å²) in [5.74, 6) is -0.970. The normalized spacial score (nSPS) is 14.8. The smallest absolute Gasteiger partial charge is 0.355 e. The van der Waals surface area contributed by atoms with Crippen LogP contribution in [-0.2, 0) is 16.6 Å². The lowest BCUT2D eigenvalue weighted by molar-refractivity contribution is -0.384. The molecule has 2 heterocycles. The van der Waals surface area contributed by atoms with Gasteiger partial charge in [-0.1, -0.05) is 0 Å². The predicted molar refractivity (Wildman–Crippen MR) is 72.8 cm³/mol. The van der Waals surface area contributed by atoms with E-state index in [0.717, 1.165) is 25.3 Å². The lowest BCUT2D eigenvalue weighted by Crippen LogP contribution is -2.38. The molecular formula is C13H17N3O5. The fraction of sp³-hybridized carbons (Fsp3) is 0.538. The van der Waals surface area contributed by atoms with E-state index in [2.05, 4.69) is 0 Å². The summed E-state index contributed by atoms with van der Waals surface area (Å²) < 4.78 is 6.25. The third kappa shape index (κ3) is 3.59. The number of nitrogens with zero attached hydrogens (tertiary/aromatic N) is 3. The van der Waals surface area contributed by atoms with Crippen LogP contribution >= 0.6 is 0 Å². The van der Waals surface area contributed by atoms with Crippen molar-refractivity contribution in [1.82, 2.24) is 9.47 Å². The molecule has 8 nitrogen and oxygen atoms in total. The van der Waals surface area contributed by atoms with Crippen molar-refractivity contribution in [3.05, 3.63) is 28.1 Å². The molecule has 0 atom stereocenters. The van der Waals surface area contributed by atoms with E-state index in [0.29, 0.717) is 13.1 Å². The van der Waals surface area contributed by atoms with E-state index in [1.807, 2.05) is 0 Å². The fourth-order valence-corrected chi connectivity index (χ4v) is 2.29. The number of rotatable bonds is 4. The topological polar surface area (TPSA) is 94.7 Å². The third-order valence-electron chi connectivity index (χ3n) is 3.45. The minimum atomic E-state index is -0.740. The average Bonchev–Trinajstić information content (AvgIpc) is 2.87. The summed E-state index contributed by atoms with van der Waals surface area (Å²) in [7, 11) is 1.51. The van der Waals surface area contributed by atoms with Crippen LogP contribution in [0.3, 0.4) is 0 Å². The summed E-state index contributed by atoms with van der Waals surface area (Å²) in [5.41, 5.74) is -0.139. The molecule has 1 saturated heterocycles. The van der Waals surface area contributed by atoms with Crippen molar-refractivity contribution in [2.75, 3.05) is 19.7 Å². The van der Waals surface area contributed by atoms with Gasteiger partial charge in [-0.25, -0.2) is 4.79 Å².